The van der Waals surface area contributed by atoms with Crippen molar-refractivity contribution in [3.05, 3.63) is 64.7 Å². The molecule has 5 nitrogen and oxygen atoms in total. The number of benzene rings is 2. The maximum Gasteiger partial charge on any atom is 0.245 e. The smallest absolute Gasteiger partial charge is 0.245 e. The molecule has 6 heteroatoms. The zero-order valence-electron chi connectivity index (χ0n) is 14.5. The molecule has 0 aliphatic carbocycles. The van der Waals surface area contributed by atoms with Crippen molar-refractivity contribution in [3.63, 3.8) is 0 Å². The number of anilines is 1. The van der Waals surface area contributed by atoms with Crippen molar-refractivity contribution in [2.24, 2.45) is 11.0 Å². The van der Waals surface area contributed by atoms with Crippen molar-refractivity contribution >= 4 is 35.3 Å². The quantitative estimate of drug-likeness (QED) is 0.648. The van der Waals surface area contributed by atoms with Crippen molar-refractivity contribution in [2.45, 2.75) is 19.8 Å². The predicted molar refractivity (Wildman–Crippen MR) is 103 cm³/mol. The first-order valence-corrected chi connectivity index (χ1v) is 8.92. The largest absolute Gasteiger partial charge is 0.312 e. The van der Waals surface area contributed by atoms with Gasteiger partial charge in [0.2, 0.25) is 11.8 Å². The van der Waals surface area contributed by atoms with Gasteiger partial charge in [0.05, 0.1) is 12.1 Å². The summed E-state index contributed by atoms with van der Waals surface area (Å²) >= 11 is 5.83. The molecule has 1 aliphatic rings. The molecule has 0 bridgehead atoms. The molecular formula is C20H20ClN3O2. The maximum atomic E-state index is 12.3. The molecule has 1 atom stereocenters. The van der Waals surface area contributed by atoms with Crippen molar-refractivity contribution in [2.75, 3.05) is 11.4 Å². The molecule has 0 aromatic heterocycles. The number of rotatable bonds is 5. The lowest BCUT2D eigenvalue weighted by Crippen LogP contribution is -2.30. The number of hydrazone groups is 1. The van der Waals surface area contributed by atoms with Gasteiger partial charge in [-0.15, -0.1) is 0 Å². The van der Waals surface area contributed by atoms with Gasteiger partial charge in [0.25, 0.3) is 0 Å². The Morgan fingerprint density at radius 2 is 1.92 bits per heavy atom. The molecule has 0 radical (unpaired) electrons. The highest BCUT2D eigenvalue weighted by Crippen LogP contribution is 2.25. The average Bonchev–Trinajstić information content (AvgIpc) is 3.05. The number of hydrogen-bond donors (Lipinski definition) is 1. The van der Waals surface area contributed by atoms with Crippen LogP contribution in [0.5, 0.6) is 0 Å². The van der Waals surface area contributed by atoms with E-state index in [0.717, 1.165) is 17.7 Å². The van der Waals surface area contributed by atoms with Gasteiger partial charge in [-0.05, 0) is 41.8 Å². The molecular weight excluding hydrogens is 350 g/mol. The minimum atomic E-state index is -0.407. The molecule has 0 unspecified atom stereocenters. The summed E-state index contributed by atoms with van der Waals surface area (Å²) in [7, 11) is 0. The van der Waals surface area contributed by atoms with Crippen molar-refractivity contribution in [3.8, 4) is 0 Å². The van der Waals surface area contributed by atoms with Gasteiger partial charge in [0.15, 0.2) is 0 Å². The van der Waals surface area contributed by atoms with E-state index in [1.807, 2.05) is 24.3 Å². The van der Waals surface area contributed by atoms with Gasteiger partial charge in [-0.1, -0.05) is 42.8 Å². The van der Waals surface area contributed by atoms with Gasteiger partial charge in [-0.3, -0.25) is 9.59 Å². The summed E-state index contributed by atoms with van der Waals surface area (Å²) in [6, 6.07) is 15.0. The van der Waals surface area contributed by atoms with Gasteiger partial charge in [0, 0.05) is 23.7 Å². The van der Waals surface area contributed by atoms with Gasteiger partial charge in [-0.25, -0.2) is 5.43 Å². The molecule has 0 spiro atoms. The van der Waals surface area contributed by atoms with E-state index in [4.69, 9.17) is 11.6 Å². The van der Waals surface area contributed by atoms with Crippen LogP contribution in [0.15, 0.2) is 53.6 Å². The summed E-state index contributed by atoms with van der Waals surface area (Å²) in [5.41, 5.74) is 5.39. The molecule has 26 heavy (non-hydrogen) atoms. The summed E-state index contributed by atoms with van der Waals surface area (Å²) in [6.07, 6.45) is 2.69. The van der Waals surface area contributed by atoms with Crippen LogP contribution >= 0.6 is 11.6 Å². The summed E-state index contributed by atoms with van der Waals surface area (Å²) in [5.74, 6) is -0.706. The minimum Gasteiger partial charge on any atom is -0.312 e. The minimum absolute atomic E-state index is 0.0453. The van der Waals surface area contributed by atoms with Crippen LogP contribution in [0.3, 0.4) is 0 Å². The Morgan fingerprint density at radius 1 is 1.23 bits per heavy atom. The Labute approximate surface area is 157 Å². The Balaban J connectivity index is 1.58. The van der Waals surface area contributed by atoms with Crippen LogP contribution in [-0.2, 0) is 16.0 Å². The summed E-state index contributed by atoms with van der Waals surface area (Å²) in [4.78, 5) is 26.2. The molecule has 0 saturated carbocycles. The number of carbonyl (C=O) groups is 2. The van der Waals surface area contributed by atoms with Crippen molar-refractivity contribution < 1.29 is 9.59 Å². The highest BCUT2D eigenvalue weighted by Gasteiger charge is 2.35. The Morgan fingerprint density at radius 3 is 2.58 bits per heavy atom. The monoisotopic (exact) mass is 369 g/mol. The average molecular weight is 370 g/mol. The number of nitrogens with zero attached hydrogens (tertiary/aromatic N) is 2. The summed E-state index contributed by atoms with van der Waals surface area (Å²) in [5, 5.41) is 4.61. The molecule has 2 amide bonds. The molecule has 2 aromatic rings. The fourth-order valence-electron chi connectivity index (χ4n) is 2.85. The van der Waals surface area contributed by atoms with Crippen LogP contribution in [-0.4, -0.2) is 24.6 Å². The highest BCUT2D eigenvalue weighted by molar-refractivity contribution is 6.30. The van der Waals surface area contributed by atoms with Crippen LogP contribution < -0.4 is 10.3 Å². The molecule has 1 N–H and O–H groups in total. The zero-order valence-corrected chi connectivity index (χ0v) is 15.2. The number of aryl methyl sites for hydroxylation is 1. The summed E-state index contributed by atoms with van der Waals surface area (Å²) < 4.78 is 0. The van der Waals surface area contributed by atoms with Crippen LogP contribution in [0, 0.1) is 5.92 Å². The van der Waals surface area contributed by atoms with E-state index in [9.17, 15) is 9.59 Å². The SMILES string of the molecule is CCc1ccc(N2C[C@H](C(=O)N/N=C/c3ccc(Cl)cc3)CC2=O)cc1. The first-order valence-electron chi connectivity index (χ1n) is 8.54. The first-order chi connectivity index (χ1) is 12.6. The van der Waals surface area contributed by atoms with Gasteiger partial charge >= 0.3 is 0 Å². The van der Waals surface area contributed by atoms with E-state index in [2.05, 4.69) is 17.5 Å². The van der Waals surface area contributed by atoms with Crippen molar-refractivity contribution in [1.82, 2.24) is 5.43 Å². The number of halogens is 1. The number of nitrogens with one attached hydrogen (secondary N) is 1. The molecule has 2 aromatic carbocycles. The number of carbonyl (C=O) groups excluding carboxylic acids is 2. The van der Waals surface area contributed by atoms with E-state index < -0.39 is 5.92 Å². The van der Waals surface area contributed by atoms with E-state index in [-0.39, 0.29) is 18.2 Å². The van der Waals surface area contributed by atoms with Crippen LogP contribution in [0.4, 0.5) is 5.69 Å². The van der Waals surface area contributed by atoms with E-state index in [0.29, 0.717) is 11.6 Å². The van der Waals surface area contributed by atoms with E-state index >= 15 is 0 Å². The third-order valence-electron chi connectivity index (χ3n) is 4.41. The maximum absolute atomic E-state index is 12.3. The van der Waals surface area contributed by atoms with Gasteiger partial charge < -0.3 is 4.90 Å². The van der Waals surface area contributed by atoms with Crippen molar-refractivity contribution in [1.29, 1.82) is 0 Å². The van der Waals surface area contributed by atoms with Crippen LogP contribution in [0.25, 0.3) is 0 Å². The van der Waals surface area contributed by atoms with E-state index in [1.165, 1.54) is 5.56 Å². The Hall–Kier alpha value is -2.66. The summed E-state index contributed by atoms with van der Waals surface area (Å²) in [6.45, 7) is 2.45. The second-order valence-corrected chi connectivity index (χ2v) is 6.65. The zero-order chi connectivity index (χ0) is 18.5. The first kappa shape index (κ1) is 18.1. The molecule has 1 fully saturated rings. The lowest BCUT2D eigenvalue weighted by Gasteiger charge is -2.16. The number of hydrogen-bond acceptors (Lipinski definition) is 3. The fourth-order valence-corrected chi connectivity index (χ4v) is 2.98. The predicted octanol–water partition coefficient (Wildman–Crippen LogP) is 3.41. The second kappa shape index (κ2) is 8.15. The van der Waals surface area contributed by atoms with Crippen LogP contribution in [0.1, 0.15) is 24.5 Å². The standard InChI is InChI=1S/C20H20ClN3O2/c1-2-14-5-9-18(10-6-14)24-13-16(11-19(24)25)20(26)23-22-12-15-3-7-17(21)8-4-15/h3-10,12,16H,2,11,13H2,1H3,(H,23,26)/b22-12+/t16-/m1/s1. The normalized spacial score (nSPS) is 17.1. The van der Waals surface area contributed by atoms with Crippen LogP contribution in [0.2, 0.25) is 5.02 Å². The lowest BCUT2D eigenvalue weighted by atomic mass is 10.1. The molecule has 3 rings (SSSR count). The third-order valence-corrected chi connectivity index (χ3v) is 4.66. The fraction of sp³-hybridized carbons (Fsp3) is 0.250. The molecule has 134 valence electrons. The Kier molecular flexibility index (Phi) is 5.68. The molecule has 1 saturated heterocycles. The van der Waals surface area contributed by atoms with Gasteiger partial charge in [0.1, 0.15) is 0 Å². The topological polar surface area (TPSA) is 61.8 Å². The highest BCUT2D eigenvalue weighted by atomic mass is 35.5. The number of amides is 2. The van der Waals surface area contributed by atoms with E-state index in [1.54, 1.807) is 35.4 Å². The van der Waals surface area contributed by atoms with Gasteiger partial charge in [-0.2, -0.15) is 5.10 Å². The molecule has 1 heterocycles. The second-order valence-electron chi connectivity index (χ2n) is 6.21. The molecule has 1 aliphatic heterocycles. The third kappa shape index (κ3) is 4.29. The Bertz CT molecular complexity index is 816. The lowest BCUT2D eigenvalue weighted by molar-refractivity contribution is -0.126.